The second kappa shape index (κ2) is 4.80. The molecule has 0 aliphatic carbocycles. The predicted octanol–water partition coefficient (Wildman–Crippen LogP) is 2.00. The molecule has 0 spiro atoms. The van der Waals surface area contributed by atoms with Gasteiger partial charge in [0, 0.05) is 5.56 Å². The maximum absolute atomic E-state index is 9.28. The lowest BCUT2D eigenvalue weighted by Gasteiger charge is -2.07. The SMILES string of the molecule is C=C[C@@H](N)c1ccccc1O.Cl. The molecule has 0 saturated carbocycles. The number of hydrogen-bond donors (Lipinski definition) is 2. The molecule has 12 heavy (non-hydrogen) atoms. The van der Waals surface area contributed by atoms with Gasteiger partial charge >= 0.3 is 0 Å². The molecule has 2 nitrogen and oxygen atoms in total. The van der Waals surface area contributed by atoms with Crippen LogP contribution in [0, 0.1) is 0 Å². The van der Waals surface area contributed by atoms with Crippen molar-refractivity contribution in [3.05, 3.63) is 42.5 Å². The molecule has 0 aliphatic rings. The van der Waals surface area contributed by atoms with E-state index < -0.39 is 0 Å². The Labute approximate surface area is 78.1 Å². The Bertz CT molecular complexity index is 262. The molecule has 0 saturated heterocycles. The Kier molecular flexibility index (Phi) is 4.40. The first-order valence-electron chi connectivity index (χ1n) is 3.41. The highest BCUT2D eigenvalue weighted by Crippen LogP contribution is 2.21. The van der Waals surface area contributed by atoms with E-state index in [-0.39, 0.29) is 24.2 Å². The van der Waals surface area contributed by atoms with Gasteiger partial charge in [-0.25, -0.2) is 0 Å². The summed E-state index contributed by atoms with van der Waals surface area (Å²) in [6.07, 6.45) is 1.59. The fourth-order valence-electron chi connectivity index (χ4n) is 0.896. The van der Waals surface area contributed by atoms with Crippen molar-refractivity contribution in [1.29, 1.82) is 0 Å². The van der Waals surface area contributed by atoms with E-state index >= 15 is 0 Å². The Morgan fingerprint density at radius 3 is 2.50 bits per heavy atom. The monoisotopic (exact) mass is 185 g/mol. The summed E-state index contributed by atoms with van der Waals surface area (Å²) in [5.74, 6) is 0.222. The zero-order valence-corrected chi connectivity index (χ0v) is 7.42. The van der Waals surface area contributed by atoms with Gasteiger partial charge in [-0.1, -0.05) is 24.3 Å². The number of hydrogen-bond acceptors (Lipinski definition) is 2. The number of halogens is 1. The average molecular weight is 186 g/mol. The zero-order chi connectivity index (χ0) is 8.27. The van der Waals surface area contributed by atoms with Gasteiger partial charge in [-0.2, -0.15) is 0 Å². The second-order valence-corrected chi connectivity index (χ2v) is 2.32. The summed E-state index contributed by atoms with van der Waals surface area (Å²) in [7, 11) is 0. The fraction of sp³-hybridized carbons (Fsp3) is 0.111. The van der Waals surface area contributed by atoms with E-state index in [2.05, 4.69) is 6.58 Å². The maximum atomic E-state index is 9.28. The molecule has 1 rings (SSSR count). The molecule has 0 radical (unpaired) electrons. The third kappa shape index (κ3) is 2.26. The minimum Gasteiger partial charge on any atom is -0.508 e. The third-order valence-electron chi connectivity index (χ3n) is 1.55. The molecule has 0 bridgehead atoms. The fourth-order valence-corrected chi connectivity index (χ4v) is 0.896. The van der Waals surface area contributed by atoms with Crippen molar-refractivity contribution in [2.24, 2.45) is 5.73 Å². The maximum Gasteiger partial charge on any atom is 0.120 e. The lowest BCUT2D eigenvalue weighted by Crippen LogP contribution is -2.06. The van der Waals surface area contributed by atoms with Crippen LogP contribution in [0.2, 0.25) is 0 Å². The smallest absolute Gasteiger partial charge is 0.120 e. The van der Waals surface area contributed by atoms with Gasteiger partial charge in [0.2, 0.25) is 0 Å². The Morgan fingerprint density at radius 1 is 1.42 bits per heavy atom. The number of para-hydroxylation sites is 1. The number of nitrogens with two attached hydrogens (primary N) is 1. The molecular formula is C9H12ClNO. The second-order valence-electron chi connectivity index (χ2n) is 2.32. The van der Waals surface area contributed by atoms with E-state index in [1.807, 2.05) is 6.07 Å². The molecule has 0 fully saturated rings. The van der Waals surface area contributed by atoms with E-state index in [1.165, 1.54) is 0 Å². The minimum absolute atomic E-state index is 0. The highest BCUT2D eigenvalue weighted by Gasteiger charge is 2.04. The van der Waals surface area contributed by atoms with Gasteiger partial charge in [0.05, 0.1) is 6.04 Å². The molecular weight excluding hydrogens is 174 g/mol. The summed E-state index contributed by atoms with van der Waals surface area (Å²) >= 11 is 0. The normalized spacial score (nSPS) is 11.4. The van der Waals surface area contributed by atoms with Crippen molar-refractivity contribution >= 4 is 12.4 Å². The quantitative estimate of drug-likeness (QED) is 0.693. The Hall–Kier alpha value is -0.990. The molecule has 1 aromatic rings. The van der Waals surface area contributed by atoms with Gasteiger partial charge in [-0.3, -0.25) is 0 Å². The van der Waals surface area contributed by atoms with Crippen LogP contribution in [0.3, 0.4) is 0 Å². The van der Waals surface area contributed by atoms with Crippen LogP contribution in [0.1, 0.15) is 11.6 Å². The van der Waals surface area contributed by atoms with Crippen molar-refractivity contribution in [2.75, 3.05) is 0 Å². The molecule has 1 aromatic carbocycles. The van der Waals surface area contributed by atoms with Crippen molar-refractivity contribution in [2.45, 2.75) is 6.04 Å². The van der Waals surface area contributed by atoms with E-state index in [1.54, 1.807) is 24.3 Å². The molecule has 0 heterocycles. The van der Waals surface area contributed by atoms with Crippen LogP contribution in [0.15, 0.2) is 36.9 Å². The molecule has 0 unspecified atom stereocenters. The number of rotatable bonds is 2. The molecule has 0 amide bonds. The number of phenols is 1. The molecule has 66 valence electrons. The van der Waals surface area contributed by atoms with Crippen LogP contribution in [0.4, 0.5) is 0 Å². The lowest BCUT2D eigenvalue weighted by molar-refractivity contribution is 0.466. The molecule has 3 heteroatoms. The molecule has 1 atom stereocenters. The summed E-state index contributed by atoms with van der Waals surface area (Å²) in [6.45, 7) is 3.54. The largest absolute Gasteiger partial charge is 0.508 e. The van der Waals surface area contributed by atoms with Crippen LogP contribution in [-0.4, -0.2) is 5.11 Å². The van der Waals surface area contributed by atoms with Crippen LogP contribution in [0.5, 0.6) is 5.75 Å². The first-order chi connectivity index (χ1) is 5.25. The number of phenolic OH excluding ortho intramolecular Hbond substituents is 1. The van der Waals surface area contributed by atoms with Gasteiger partial charge in [0.1, 0.15) is 5.75 Å². The van der Waals surface area contributed by atoms with Crippen molar-refractivity contribution in [3.63, 3.8) is 0 Å². The summed E-state index contributed by atoms with van der Waals surface area (Å²) in [5, 5.41) is 9.28. The first kappa shape index (κ1) is 11.0. The first-order valence-corrected chi connectivity index (χ1v) is 3.41. The van der Waals surface area contributed by atoms with Crippen molar-refractivity contribution in [3.8, 4) is 5.75 Å². The average Bonchev–Trinajstić information content (AvgIpc) is 2.04. The topological polar surface area (TPSA) is 46.2 Å². The summed E-state index contributed by atoms with van der Waals surface area (Å²) in [4.78, 5) is 0. The summed E-state index contributed by atoms with van der Waals surface area (Å²) in [6, 6.07) is 6.70. The zero-order valence-electron chi connectivity index (χ0n) is 6.60. The highest BCUT2D eigenvalue weighted by molar-refractivity contribution is 5.85. The number of aromatic hydroxyl groups is 1. The van der Waals surface area contributed by atoms with Crippen molar-refractivity contribution in [1.82, 2.24) is 0 Å². The van der Waals surface area contributed by atoms with Crippen LogP contribution in [0.25, 0.3) is 0 Å². The molecule has 0 aliphatic heterocycles. The van der Waals surface area contributed by atoms with Crippen LogP contribution >= 0.6 is 12.4 Å². The van der Waals surface area contributed by atoms with Gasteiger partial charge in [-0.05, 0) is 6.07 Å². The number of benzene rings is 1. The van der Waals surface area contributed by atoms with Gasteiger partial charge in [0.15, 0.2) is 0 Å². The summed E-state index contributed by atoms with van der Waals surface area (Å²) in [5.41, 5.74) is 6.33. The highest BCUT2D eigenvalue weighted by atomic mass is 35.5. The lowest BCUT2D eigenvalue weighted by atomic mass is 10.1. The van der Waals surface area contributed by atoms with E-state index in [4.69, 9.17) is 5.73 Å². The minimum atomic E-state index is -0.281. The van der Waals surface area contributed by atoms with Gasteiger partial charge in [-0.15, -0.1) is 19.0 Å². The standard InChI is InChI=1S/C9H11NO.ClH/c1-2-8(10)7-5-3-4-6-9(7)11;/h2-6,8,11H,1,10H2;1H/t8-;/m1./s1. The van der Waals surface area contributed by atoms with E-state index in [9.17, 15) is 5.11 Å². The summed E-state index contributed by atoms with van der Waals surface area (Å²) < 4.78 is 0. The van der Waals surface area contributed by atoms with Gasteiger partial charge in [0.25, 0.3) is 0 Å². The Balaban J connectivity index is 0.00000121. The third-order valence-corrected chi connectivity index (χ3v) is 1.55. The van der Waals surface area contributed by atoms with E-state index in [0.717, 1.165) is 0 Å². The van der Waals surface area contributed by atoms with E-state index in [0.29, 0.717) is 5.56 Å². The van der Waals surface area contributed by atoms with Crippen molar-refractivity contribution < 1.29 is 5.11 Å². The molecule has 3 N–H and O–H groups in total. The predicted molar refractivity (Wildman–Crippen MR) is 52.5 cm³/mol. The molecule has 0 aromatic heterocycles. The van der Waals surface area contributed by atoms with Gasteiger partial charge < -0.3 is 10.8 Å². The Morgan fingerprint density at radius 2 is 2.00 bits per heavy atom. The van der Waals surface area contributed by atoms with Crippen LogP contribution < -0.4 is 5.73 Å². The van der Waals surface area contributed by atoms with Crippen LogP contribution in [-0.2, 0) is 0 Å².